The molecule has 2 fully saturated rings. The van der Waals surface area contributed by atoms with E-state index < -0.39 is 6.09 Å². The van der Waals surface area contributed by atoms with E-state index in [2.05, 4.69) is 30.4 Å². The third kappa shape index (κ3) is 6.88. The molecular formula is C29H35ClN8O5. The predicted molar refractivity (Wildman–Crippen MR) is 166 cm³/mol. The van der Waals surface area contributed by atoms with Crippen molar-refractivity contribution in [3.05, 3.63) is 47.6 Å². The lowest BCUT2D eigenvalue weighted by Gasteiger charge is -2.35. The Balaban J connectivity index is 1.28. The van der Waals surface area contributed by atoms with Crippen LogP contribution >= 0.6 is 11.6 Å². The van der Waals surface area contributed by atoms with Gasteiger partial charge in [0.25, 0.3) is 0 Å². The van der Waals surface area contributed by atoms with Crippen molar-refractivity contribution in [2.75, 3.05) is 87.0 Å². The zero-order valence-electron chi connectivity index (χ0n) is 24.3. The van der Waals surface area contributed by atoms with E-state index >= 15 is 0 Å². The first-order chi connectivity index (χ1) is 20.7. The van der Waals surface area contributed by atoms with Crippen LogP contribution in [0.15, 0.2) is 42.6 Å². The Hall–Kier alpha value is -4.65. The van der Waals surface area contributed by atoms with Crippen molar-refractivity contribution < 1.29 is 24.2 Å². The number of halogens is 1. The molecule has 2 aromatic carbocycles. The fourth-order valence-electron chi connectivity index (χ4n) is 5.16. The van der Waals surface area contributed by atoms with E-state index in [0.717, 1.165) is 24.5 Å². The van der Waals surface area contributed by atoms with E-state index in [9.17, 15) is 14.7 Å². The number of methoxy groups -OCH3 is 2. The number of benzene rings is 2. The van der Waals surface area contributed by atoms with Gasteiger partial charge in [0.15, 0.2) is 5.82 Å². The van der Waals surface area contributed by atoms with Crippen LogP contribution in [0.2, 0.25) is 5.02 Å². The second-order valence-electron chi connectivity index (χ2n) is 10.2. The first-order valence-corrected chi connectivity index (χ1v) is 14.3. The fraction of sp³-hybridized carbons (Fsp3) is 0.379. The lowest BCUT2D eigenvalue weighted by molar-refractivity contribution is -0.129. The van der Waals surface area contributed by atoms with Gasteiger partial charge in [-0.2, -0.15) is 4.98 Å². The molecule has 14 heteroatoms. The average Bonchev–Trinajstić information content (AvgIpc) is 3.03. The average molecular weight is 611 g/mol. The molecule has 3 aromatic rings. The van der Waals surface area contributed by atoms with Crippen molar-refractivity contribution in [3.8, 4) is 11.5 Å². The molecule has 2 aliphatic rings. The van der Waals surface area contributed by atoms with Crippen molar-refractivity contribution >= 4 is 58.1 Å². The van der Waals surface area contributed by atoms with Crippen LogP contribution in [0.3, 0.4) is 0 Å². The van der Waals surface area contributed by atoms with Gasteiger partial charge in [0, 0.05) is 82.8 Å². The third-order valence-electron chi connectivity index (χ3n) is 7.62. The molecule has 2 aliphatic heterocycles. The fourth-order valence-corrected chi connectivity index (χ4v) is 5.30. The number of ether oxygens (including phenoxy) is 2. The highest BCUT2D eigenvalue weighted by Gasteiger charge is 2.22. The highest BCUT2D eigenvalue weighted by Crippen LogP contribution is 2.35. The topological polar surface area (TPSA) is 136 Å². The molecule has 1 aromatic heterocycles. The van der Waals surface area contributed by atoms with Crippen LogP contribution < -0.4 is 29.9 Å². The number of anilines is 6. The number of amides is 2. The highest BCUT2D eigenvalue weighted by molar-refractivity contribution is 6.33. The summed E-state index contributed by atoms with van der Waals surface area (Å²) in [5.74, 6) is 2.01. The van der Waals surface area contributed by atoms with Crippen molar-refractivity contribution in [2.24, 2.45) is 0 Å². The van der Waals surface area contributed by atoms with Crippen LogP contribution in [0.4, 0.5) is 39.3 Å². The number of piperazine rings is 2. The van der Waals surface area contributed by atoms with Crippen molar-refractivity contribution in [2.45, 2.75) is 6.92 Å². The molecule has 2 saturated heterocycles. The number of carboxylic acid groups (broad SMARTS) is 1. The summed E-state index contributed by atoms with van der Waals surface area (Å²) in [6.07, 6.45) is 0.613. The SMILES string of the molecule is COc1cc(N2CCN(C(=O)O)CC2)ccc1Nc1ncc(Cl)c(Nc2ccc(N3CCN(C(C)=O)CC3)cc2OC)n1. The zero-order chi connectivity index (χ0) is 30.5. The number of aromatic nitrogens is 2. The lowest BCUT2D eigenvalue weighted by atomic mass is 10.2. The molecule has 2 amide bonds. The molecule has 0 atom stereocenters. The summed E-state index contributed by atoms with van der Waals surface area (Å²) < 4.78 is 11.3. The number of carbonyl (C=O) groups is 2. The second-order valence-corrected chi connectivity index (χ2v) is 10.6. The van der Waals surface area contributed by atoms with Crippen LogP contribution in [0.5, 0.6) is 11.5 Å². The maximum Gasteiger partial charge on any atom is 0.407 e. The molecular weight excluding hydrogens is 576 g/mol. The number of hydrogen-bond donors (Lipinski definition) is 3. The van der Waals surface area contributed by atoms with E-state index in [4.69, 9.17) is 21.1 Å². The molecule has 3 N–H and O–H groups in total. The quantitative estimate of drug-likeness (QED) is 0.340. The van der Waals surface area contributed by atoms with Gasteiger partial charge in [-0.3, -0.25) is 4.79 Å². The van der Waals surface area contributed by atoms with E-state index in [1.165, 1.54) is 11.1 Å². The summed E-state index contributed by atoms with van der Waals surface area (Å²) in [5, 5.41) is 16.0. The molecule has 0 radical (unpaired) electrons. The minimum Gasteiger partial charge on any atom is -0.494 e. The van der Waals surface area contributed by atoms with Crippen LogP contribution in [0.1, 0.15) is 6.92 Å². The molecule has 0 bridgehead atoms. The molecule has 5 rings (SSSR count). The van der Waals surface area contributed by atoms with Crippen LogP contribution in [0, 0.1) is 0 Å². The zero-order valence-corrected chi connectivity index (χ0v) is 25.1. The summed E-state index contributed by atoms with van der Waals surface area (Å²) >= 11 is 6.47. The summed E-state index contributed by atoms with van der Waals surface area (Å²) in [6.45, 7) is 6.52. The van der Waals surface area contributed by atoms with Gasteiger partial charge in [0.1, 0.15) is 16.5 Å². The van der Waals surface area contributed by atoms with Gasteiger partial charge >= 0.3 is 6.09 Å². The van der Waals surface area contributed by atoms with E-state index in [0.29, 0.717) is 78.9 Å². The minimum absolute atomic E-state index is 0.0936. The first kappa shape index (κ1) is 29.8. The number of nitrogens with one attached hydrogen (secondary N) is 2. The number of carbonyl (C=O) groups excluding carboxylic acids is 1. The Labute approximate surface area is 255 Å². The molecule has 0 aliphatic carbocycles. The molecule has 13 nitrogen and oxygen atoms in total. The molecule has 0 saturated carbocycles. The van der Waals surface area contributed by atoms with Gasteiger partial charge in [-0.1, -0.05) is 11.6 Å². The van der Waals surface area contributed by atoms with Gasteiger partial charge in [-0.05, 0) is 24.3 Å². The van der Waals surface area contributed by atoms with Gasteiger partial charge in [0.05, 0.1) is 31.8 Å². The minimum atomic E-state index is -0.898. The standard InChI is InChI=1S/C29H35ClN8O5/c1-19(39)35-8-10-36(11-9-35)20-4-6-23(25(16-20)42-2)32-27-22(30)18-31-28(34-27)33-24-7-5-21(17-26(24)43-3)37-12-14-38(15-13-37)29(40)41/h4-7,16-18H,8-15H2,1-3H3,(H,40,41)(H2,31,32,33,34). The Morgan fingerprint density at radius 1 is 0.814 bits per heavy atom. The van der Waals surface area contributed by atoms with Crippen LogP contribution in [-0.4, -0.2) is 103 Å². The Morgan fingerprint density at radius 2 is 1.33 bits per heavy atom. The summed E-state index contributed by atoms with van der Waals surface area (Å²) in [4.78, 5) is 39.4. The van der Waals surface area contributed by atoms with Gasteiger partial charge in [-0.15, -0.1) is 0 Å². The number of rotatable bonds is 8. The van der Waals surface area contributed by atoms with E-state index in [1.807, 2.05) is 41.3 Å². The first-order valence-electron chi connectivity index (χ1n) is 13.9. The predicted octanol–water partition coefficient (Wildman–Crippen LogP) is 4.10. The maximum absolute atomic E-state index is 11.7. The maximum atomic E-state index is 11.7. The van der Waals surface area contributed by atoms with E-state index in [-0.39, 0.29) is 5.91 Å². The Kier molecular flexibility index (Phi) is 9.10. The van der Waals surface area contributed by atoms with Gasteiger partial charge in [0.2, 0.25) is 11.9 Å². The summed E-state index contributed by atoms with van der Waals surface area (Å²) in [7, 11) is 3.19. The van der Waals surface area contributed by atoms with E-state index in [1.54, 1.807) is 21.1 Å². The summed E-state index contributed by atoms with van der Waals surface area (Å²) in [6, 6.07) is 11.6. The third-order valence-corrected chi connectivity index (χ3v) is 7.90. The van der Waals surface area contributed by atoms with Gasteiger partial charge in [-0.25, -0.2) is 9.78 Å². The van der Waals surface area contributed by atoms with Gasteiger partial charge < -0.3 is 44.8 Å². The lowest BCUT2D eigenvalue weighted by Crippen LogP contribution is -2.48. The molecule has 0 unspecified atom stereocenters. The molecule has 228 valence electrons. The number of nitrogens with zero attached hydrogens (tertiary/aromatic N) is 6. The molecule has 3 heterocycles. The highest BCUT2D eigenvalue weighted by atomic mass is 35.5. The van der Waals surface area contributed by atoms with Crippen LogP contribution in [0.25, 0.3) is 0 Å². The largest absolute Gasteiger partial charge is 0.494 e. The number of hydrogen-bond acceptors (Lipinski definition) is 10. The monoisotopic (exact) mass is 610 g/mol. The molecule has 0 spiro atoms. The summed E-state index contributed by atoms with van der Waals surface area (Å²) in [5.41, 5.74) is 3.28. The molecule has 43 heavy (non-hydrogen) atoms. The smallest absolute Gasteiger partial charge is 0.407 e. The Morgan fingerprint density at radius 3 is 1.81 bits per heavy atom. The van der Waals surface area contributed by atoms with Crippen molar-refractivity contribution in [1.29, 1.82) is 0 Å². The second kappa shape index (κ2) is 13.1. The van der Waals surface area contributed by atoms with Crippen molar-refractivity contribution in [3.63, 3.8) is 0 Å². The van der Waals surface area contributed by atoms with Crippen molar-refractivity contribution in [1.82, 2.24) is 19.8 Å². The Bertz CT molecular complexity index is 1480. The van der Waals surface area contributed by atoms with Crippen LogP contribution in [-0.2, 0) is 4.79 Å². The normalized spacial score (nSPS) is 15.3.